The molecule has 3 aromatic rings. The highest BCUT2D eigenvalue weighted by molar-refractivity contribution is 7.17. The van der Waals surface area contributed by atoms with Gasteiger partial charge in [-0.15, -0.1) is 11.3 Å². The first-order valence-electron chi connectivity index (χ1n) is 8.02. The molecule has 0 aliphatic carbocycles. The van der Waals surface area contributed by atoms with Gasteiger partial charge in [0, 0.05) is 39.9 Å². The number of rotatable bonds is 6. The molecule has 0 radical (unpaired) electrons. The third kappa shape index (κ3) is 4.62. The van der Waals surface area contributed by atoms with Crippen LogP contribution in [0.5, 0.6) is 0 Å². The number of benzene rings is 1. The van der Waals surface area contributed by atoms with Crippen molar-refractivity contribution in [3.05, 3.63) is 75.3 Å². The van der Waals surface area contributed by atoms with Crippen LogP contribution in [0.3, 0.4) is 0 Å². The van der Waals surface area contributed by atoms with E-state index in [-0.39, 0.29) is 11.9 Å². The summed E-state index contributed by atoms with van der Waals surface area (Å²) >= 11 is 13.6. The Balaban J connectivity index is 1.69. The number of nitrogens with zero attached hydrogens (tertiary/aromatic N) is 1. The molecule has 0 spiro atoms. The van der Waals surface area contributed by atoms with Gasteiger partial charge in [0.25, 0.3) is 5.91 Å². The summed E-state index contributed by atoms with van der Waals surface area (Å²) in [6.45, 7) is 0.313. The first kappa shape index (κ1) is 18.9. The lowest BCUT2D eigenvalue weighted by atomic mass is 10.1. The molecule has 4 nitrogen and oxygen atoms in total. The largest absolute Gasteiger partial charge is 0.347 e. The summed E-state index contributed by atoms with van der Waals surface area (Å²) in [5.41, 5.74) is 7.77. The standard InChI is InChI=1S/C19H17Cl2N3OS/c20-14-2-1-13(16(21)10-14)9-15(11-22)24-19(25)18-4-3-17(26-18)12-5-7-23-8-6-12/h1-8,10,15H,9,11,22H2,(H,24,25)/t15-/m0/s1. The van der Waals surface area contributed by atoms with Gasteiger partial charge in [-0.05, 0) is 53.9 Å². The first-order chi connectivity index (χ1) is 12.6. The highest BCUT2D eigenvalue weighted by atomic mass is 35.5. The molecule has 7 heteroatoms. The predicted octanol–water partition coefficient (Wildman–Crippen LogP) is 4.42. The van der Waals surface area contributed by atoms with Crippen molar-refractivity contribution in [2.24, 2.45) is 5.73 Å². The van der Waals surface area contributed by atoms with Crippen LogP contribution in [-0.2, 0) is 6.42 Å². The summed E-state index contributed by atoms with van der Waals surface area (Å²) in [5, 5.41) is 4.13. The Bertz CT molecular complexity index is 899. The fraction of sp³-hybridized carbons (Fsp3) is 0.158. The Morgan fingerprint density at radius 1 is 1.15 bits per heavy atom. The molecular formula is C19H17Cl2N3OS. The molecule has 0 fully saturated rings. The fourth-order valence-corrected chi connectivity index (χ4v) is 3.93. The minimum Gasteiger partial charge on any atom is -0.347 e. The molecule has 3 rings (SSSR count). The number of thiophene rings is 1. The molecule has 3 N–H and O–H groups in total. The zero-order chi connectivity index (χ0) is 18.5. The van der Waals surface area contributed by atoms with Crippen LogP contribution in [0.25, 0.3) is 10.4 Å². The second kappa shape index (κ2) is 8.64. The van der Waals surface area contributed by atoms with Crippen LogP contribution in [0.1, 0.15) is 15.2 Å². The van der Waals surface area contributed by atoms with Crippen molar-refractivity contribution < 1.29 is 4.79 Å². The minimum atomic E-state index is -0.215. The van der Waals surface area contributed by atoms with E-state index in [0.717, 1.165) is 16.0 Å². The van der Waals surface area contributed by atoms with Crippen LogP contribution >= 0.6 is 34.5 Å². The Morgan fingerprint density at radius 2 is 1.92 bits per heavy atom. The summed E-state index contributed by atoms with van der Waals surface area (Å²) in [7, 11) is 0. The van der Waals surface area contributed by atoms with Crippen LogP contribution in [0, 0.1) is 0 Å². The number of pyridine rings is 1. The molecule has 0 aliphatic rings. The van der Waals surface area contributed by atoms with Crippen LogP contribution in [0.4, 0.5) is 0 Å². The van der Waals surface area contributed by atoms with E-state index in [1.807, 2.05) is 30.3 Å². The second-order valence-corrected chi connectivity index (χ2v) is 7.67. The smallest absolute Gasteiger partial charge is 0.261 e. The van der Waals surface area contributed by atoms with Crippen molar-refractivity contribution in [2.75, 3.05) is 6.54 Å². The van der Waals surface area contributed by atoms with E-state index in [0.29, 0.717) is 27.9 Å². The summed E-state index contributed by atoms with van der Waals surface area (Å²) in [5.74, 6) is -0.143. The average Bonchev–Trinajstić information content (AvgIpc) is 3.14. The molecule has 1 aromatic carbocycles. The molecule has 0 unspecified atom stereocenters. The SMILES string of the molecule is NC[C@H](Cc1ccc(Cl)cc1Cl)NC(=O)c1ccc(-c2ccncc2)s1. The quantitative estimate of drug-likeness (QED) is 0.637. The number of carbonyl (C=O) groups excluding carboxylic acids is 1. The van der Waals surface area contributed by atoms with Gasteiger partial charge in [-0.1, -0.05) is 29.3 Å². The first-order valence-corrected chi connectivity index (χ1v) is 9.59. The van der Waals surface area contributed by atoms with Gasteiger partial charge in [0.1, 0.15) is 0 Å². The fourth-order valence-electron chi connectivity index (χ4n) is 2.53. The molecule has 1 amide bonds. The molecule has 0 saturated carbocycles. The zero-order valence-electron chi connectivity index (χ0n) is 13.8. The van der Waals surface area contributed by atoms with Gasteiger partial charge in [0.2, 0.25) is 0 Å². The Hall–Kier alpha value is -1.92. The number of aromatic nitrogens is 1. The third-order valence-electron chi connectivity index (χ3n) is 3.90. The lowest BCUT2D eigenvalue weighted by Crippen LogP contribution is -2.41. The number of hydrogen-bond donors (Lipinski definition) is 2. The lowest BCUT2D eigenvalue weighted by molar-refractivity contribution is 0.0942. The van der Waals surface area contributed by atoms with Gasteiger partial charge in [-0.2, -0.15) is 0 Å². The van der Waals surface area contributed by atoms with Crippen LogP contribution < -0.4 is 11.1 Å². The van der Waals surface area contributed by atoms with Crippen molar-refractivity contribution in [3.8, 4) is 10.4 Å². The maximum Gasteiger partial charge on any atom is 0.261 e. The number of nitrogens with two attached hydrogens (primary N) is 1. The number of hydrogen-bond acceptors (Lipinski definition) is 4. The summed E-state index contributed by atoms with van der Waals surface area (Å²) in [6.07, 6.45) is 4.01. The van der Waals surface area contributed by atoms with Crippen molar-refractivity contribution >= 4 is 40.4 Å². The number of halogens is 2. The summed E-state index contributed by atoms with van der Waals surface area (Å²) in [4.78, 5) is 18.2. The van der Waals surface area contributed by atoms with E-state index in [4.69, 9.17) is 28.9 Å². The highest BCUT2D eigenvalue weighted by Crippen LogP contribution is 2.27. The van der Waals surface area contributed by atoms with E-state index >= 15 is 0 Å². The molecule has 2 heterocycles. The molecule has 134 valence electrons. The molecule has 0 saturated heterocycles. The number of carbonyl (C=O) groups is 1. The number of nitrogens with one attached hydrogen (secondary N) is 1. The van der Waals surface area contributed by atoms with Crippen molar-refractivity contribution in [1.82, 2.24) is 10.3 Å². The van der Waals surface area contributed by atoms with E-state index in [9.17, 15) is 4.79 Å². The van der Waals surface area contributed by atoms with Crippen molar-refractivity contribution in [3.63, 3.8) is 0 Å². The van der Waals surface area contributed by atoms with E-state index in [1.165, 1.54) is 11.3 Å². The van der Waals surface area contributed by atoms with Gasteiger partial charge >= 0.3 is 0 Å². The average molecular weight is 406 g/mol. The number of amides is 1. The van der Waals surface area contributed by atoms with Gasteiger partial charge in [0.15, 0.2) is 0 Å². The maximum absolute atomic E-state index is 12.6. The second-order valence-electron chi connectivity index (χ2n) is 5.75. The third-order valence-corrected chi connectivity index (χ3v) is 5.62. The minimum absolute atomic E-state index is 0.143. The molecule has 0 bridgehead atoms. The van der Waals surface area contributed by atoms with E-state index in [2.05, 4.69) is 10.3 Å². The molecule has 1 atom stereocenters. The predicted molar refractivity (Wildman–Crippen MR) is 108 cm³/mol. The molecule has 2 aromatic heterocycles. The summed E-state index contributed by atoms with van der Waals surface area (Å²) < 4.78 is 0. The van der Waals surface area contributed by atoms with Crippen LogP contribution in [0.15, 0.2) is 54.9 Å². The maximum atomic E-state index is 12.6. The van der Waals surface area contributed by atoms with Gasteiger partial charge in [0.05, 0.1) is 4.88 Å². The Kier molecular flexibility index (Phi) is 6.27. The van der Waals surface area contributed by atoms with Crippen LogP contribution in [-0.4, -0.2) is 23.5 Å². The van der Waals surface area contributed by atoms with Gasteiger partial charge in [-0.25, -0.2) is 0 Å². The lowest BCUT2D eigenvalue weighted by Gasteiger charge is -2.17. The van der Waals surface area contributed by atoms with Crippen LogP contribution in [0.2, 0.25) is 10.0 Å². The molecular weight excluding hydrogens is 389 g/mol. The van der Waals surface area contributed by atoms with E-state index < -0.39 is 0 Å². The monoisotopic (exact) mass is 405 g/mol. The van der Waals surface area contributed by atoms with Gasteiger partial charge in [-0.3, -0.25) is 9.78 Å². The summed E-state index contributed by atoms with van der Waals surface area (Å²) in [6, 6.07) is 12.7. The van der Waals surface area contributed by atoms with Gasteiger partial charge < -0.3 is 11.1 Å². The zero-order valence-corrected chi connectivity index (χ0v) is 16.1. The Labute approximate surface area is 166 Å². The Morgan fingerprint density at radius 3 is 2.62 bits per heavy atom. The van der Waals surface area contributed by atoms with E-state index in [1.54, 1.807) is 24.5 Å². The molecule has 26 heavy (non-hydrogen) atoms. The normalized spacial score (nSPS) is 12.0. The molecule has 0 aliphatic heterocycles. The topological polar surface area (TPSA) is 68.0 Å². The van der Waals surface area contributed by atoms with Crippen molar-refractivity contribution in [1.29, 1.82) is 0 Å². The highest BCUT2D eigenvalue weighted by Gasteiger charge is 2.16. The van der Waals surface area contributed by atoms with Crippen molar-refractivity contribution in [2.45, 2.75) is 12.5 Å².